The second kappa shape index (κ2) is 6.50. The molecule has 0 aliphatic heterocycles. The van der Waals surface area contributed by atoms with Crippen LogP contribution in [0.1, 0.15) is 39.0 Å². The third-order valence-corrected chi connectivity index (χ3v) is 3.58. The van der Waals surface area contributed by atoms with E-state index in [0.29, 0.717) is 5.92 Å². The van der Waals surface area contributed by atoms with Crippen LogP contribution in [0.2, 0.25) is 0 Å². The molecule has 1 N–H and O–H groups in total. The van der Waals surface area contributed by atoms with Crippen molar-refractivity contribution < 1.29 is 13.9 Å². The van der Waals surface area contributed by atoms with Gasteiger partial charge in [0, 0.05) is 6.04 Å². The van der Waals surface area contributed by atoms with E-state index in [2.05, 4.69) is 6.92 Å². The molecule has 1 saturated carbocycles. The van der Waals surface area contributed by atoms with E-state index >= 15 is 0 Å². The van der Waals surface area contributed by atoms with E-state index in [9.17, 15) is 13.9 Å². The largest absolute Gasteiger partial charge is 0.391 e. The van der Waals surface area contributed by atoms with Crippen molar-refractivity contribution in [3.8, 4) is 0 Å². The lowest BCUT2D eigenvalue weighted by Crippen LogP contribution is -2.47. The van der Waals surface area contributed by atoms with Gasteiger partial charge in [-0.2, -0.15) is 0 Å². The summed E-state index contributed by atoms with van der Waals surface area (Å²) in [5, 5.41) is 9.85. The number of aliphatic hydroxyl groups is 1. The number of aliphatic hydroxyl groups excluding tert-OH is 1. The predicted molar refractivity (Wildman–Crippen MR) is 60.7 cm³/mol. The van der Waals surface area contributed by atoms with E-state index < -0.39 is 12.5 Å². The summed E-state index contributed by atoms with van der Waals surface area (Å²) in [4.78, 5) is 1.62. The van der Waals surface area contributed by atoms with Crippen molar-refractivity contribution in [1.82, 2.24) is 4.90 Å². The van der Waals surface area contributed by atoms with Gasteiger partial charge in [0.15, 0.2) is 0 Å². The summed E-state index contributed by atoms with van der Waals surface area (Å²) in [7, 11) is 1.69. The molecule has 0 radical (unpaired) electrons. The Hall–Kier alpha value is -0.220. The van der Waals surface area contributed by atoms with Gasteiger partial charge in [-0.05, 0) is 32.2 Å². The fourth-order valence-electron chi connectivity index (χ4n) is 2.71. The van der Waals surface area contributed by atoms with E-state index in [4.69, 9.17) is 0 Å². The summed E-state index contributed by atoms with van der Waals surface area (Å²) in [5.41, 5.74) is 0. The lowest BCUT2D eigenvalue weighted by molar-refractivity contribution is -0.0104. The maximum absolute atomic E-state index is 12.3. The number of rotatable bonds is 5. The van der Waals surface area contributed by atoms with Crippen molar-refractivity contribution in [1.29, 1.82) is 0 Å². The van der Waals surface area contributed by atoms with E-state index in [1.807, 2.05) is 0 Å². The molecule has 3 atom stereocenters. The Morgan fingerprint density at radius 2 is 2.06 bits per heavy atom. The molecule has 0 aromatic heterocycles. The van der Waals surface area contributed by atoms with Crippen LogP contribution in [0.4, 0.5) is 8.78 Å². The van der Waals surface area contributed by atoms with Crippen LogP contribution in [0.3, 0.4) is 0 Å². The maximum atomic E-state index is 12.3. The second-order valence-electron chi connectivity index (χ2n) is 4.93. The molecule has 0 amide bonds. The SMILES string of the molecule is CCCC1CCC(O)C(N(C)CC(F)F)C1. The summed E-state index contributed by atoms with van der Waals surface area (Å²) < 4.78 is 24.6. The third-order valence-electron chi connectivity index (χ3n) is 3.58. The molecule has 2 nitrogen and oxygen atoms in total. The van der Waals surface area contributed by atoms with Crippen LogP contribution in [-0.2, 0) is 0 Å². The van der Waals surface area contributed by atoms with Crippen molar-refractivity contribution in [2.24, 2.45) is 5.92 Å². The number of hydrogen-bond donors (Lipinski definition) is 1. The minimum Gasteiger partial charge on any atom is -0.391 e. The van der Waals surface area contributed by atoms with Crippen LogP contribution in [0.5, 0.6) is 0 Å². The van der Waals surface area contributed by atoms with Crippen LogP contribution in [0.15, 0.2) is 0 Å². The minimum atomic E-state index is -2.32. The molecular formula is C12H23F2NO. The van der Waals surface area contributed by atoms with Gasteiger partial charge in [-0.1, -0.05) is 19.8 Å². The smallest absolute Gasteiger partial charge is 0.251 e. The average Bonchev–Trinajstić information content (AvgIpc) is 2.20. The highest BCUT2D eigenvalue weighted by Gasteiger charge is 2.32. The van der Waals surface area contributed by atoms with Crippen molar-refractivity contribution in [3.05, 3.63) is 0 Å². The highest BCUT2D eigenvalue weighted by atomic mass is 19.3. The number of alkyl halides is 2. The lowest BCUT2D eigenvalue weighted by atomic mass is 9.81. The molecule has 0 aromatic carbocycles. The Morgan fingerprint density at radius 3 is 2.62 bits per heavy atom. The highest BCUT2D eigenvalue weighted by molar-refractivity contribution is 4.85. The molecule has 1 aliphatic rings. The minimum absolute atomic E-state index is 0.0840. The molecule has 3 unspecified atom stereocenters. The van der Waals surface area contributed by atoms with E-state index in [0.717, 1.165) is 32.1 Å². The molecule has 0 bridgehead atoms. The molecule has 4 heteroatoms. The van der Waals surface area contributed by atoms with Crippen molar-refractivity contribution in [2.75, 3.05) is 13.6 Å². The molecule has 0 heterocycles. The lowest BCUT2D eigenvalue weighted by Gasteiger charge is -2.38. The molecule has 1 fully saturated rings. The molecule has 0 spiro atoms. The third kappa shape index (κ3) is 3.98. The summed E-state index contributed by atoms with van der Waals surface area (Å²) in [6, 6.07) is -0.0840. The van der Waals surface area contributed by atoms with Crippen LogP contribution in [0.25, 0.3) is 0 Å². The Labute approximate surface area is 96.6 Å². The van der Waals surface area contributed by atoms with E-state index in [1.165, 1.54) is 0 Å². The van der Waals surface area contributed by atoms with Crippen LogP contribution in [0, 0.1) is 5.92 Å². The first-order valence-electron chi connectivity index (χ1n) is 6.21. The molecule has 96 valence electrons. The van der Waals surface area contributed by atoms with Crippen molar-refractivity contribution in [2.45, 2.75) is 57.6 Å². The maximum Gasteiger partial charge on any atom is 0.251 e. The summed E-state index contributed by atoms with van der Waals surface area (Å²) in [6.07, 6.45) is 2.17. The summed E-state index contributed by atoms with van der Waals surface area (Å²) >= 11 is 0. The zero-order chi connectivity index (χ0) is 12.1. The first-order chi connectivity index (χ1) is 7.54. The van der Waals surface area contributed by atoms with Gasteiger partial charge in [-0.3, -0.25) is 4.90 Å². The van der Waals surface area contributed by atoms with Gasteiger partial charge in [-0.15, -0.1) is 0 Å². The molecule has 0 saturated heterocycles. The van der Waals surface area contributed by atoms with Gasteiger partial charge in [0.05, 0.1) is 12.6 Å². The van der Waals surface area contributed by atoms with Gasteiger partial charge in [0.1, 0.15) is 0 Å². The molecule has 1 aliphatic carbocycles. The molecule has 16 heavy (non-hydrogen) atoms. The average molecular weight is 235 g/mol. The van der Waals surface area contributed by atoms with Crippen LogP contribution in [-0.4, -0.2) is 42.2 Å². The predicted octanol–water partition coefficient (Wildman–Crippen LogP) is 2.51. The number of likely N-dealkylation sites (N-methyl/N-ethyl adjacent to an activating group) is 1. The Morgan fingerprint density at radius 1 is 1.38 bits per heavy atom. The van der Waals surface area contributed by atoms with Gasteiger partial charge < -0.3 is 5.11 Å². The van der Waals surface area contributed by atoms with Crippen molar-refractivity contribution >= 4 is 0 Å². The zero-order valence-electron chi connectivity index (χ0n) is 10.2. The topological polar surface area (TPSA) is 23.5 Å². The monoisotopic (exact) mass is 235 g/mol. The van der Waals surface area contributed by atoms with Gasteiger partial charge >= 0.3 is 0 Å². The molecule has 1 rings (SSSR count). The second-order valence-corrected chi connectivity index (χ2v) is 4.93. The number of nitrogens with zero attached hydrogens (tertiary/aromatic N) is 1. The Kier molecular flexibility index (Phi) is 5.62. The quantitative estimate of drug-likeness (QED) is 0.791. The Bertz CT molecular complexity index is 201. The summed E-state index contributed by atoms with van der Waals surface area (Å²) in [5.74, 6) is 0.596. The normalized spacial score (nSPS) is 31.3. The van der Waals surface area contributed by atoms with E-state index in [1.54, 1.807) is 11.9 Å². The highest BCUT2D eigenvalue weighted by Crippen LogP contribution is 2.30. The number of hydrogen-bond acceptors (Lipinski definition) is 2. The molecule has 0 aromatic rings. The van der Waals surface area contributed by atoms with Crippen LogP contribution >= 0.6 is 0 Å². The van der Waals surface area contributed by atoms with Gasteiger partial charge in [-0.25, -0.2) is 8.78 Å². The molecular weight excluding hydrogens is 212 g/mol. The standard InChI is InChI=1S/C12H23F2NO/c1-3-4-9-5-6-11(16)10(7-9)15(2)8-12(13)14/h9-12,16H,3-8H2,1-2H3. The van der Waals surface area contributed by atoms with Crippen molar-refractivity contribution in [3.63, 3.8) is 0 Å². The fraction of sp³-hybridized carbons (Fsp3) is 1.00. The zero-order valence-corrected chi connectivity index (χ0v) is 10.2. The van der Waals surface area contributed by atoms with Gasteiger partial charge in [0.2, 0.25) is 0 Å². The van der Waals surface area contributed by atoms with E-state index in [-0.39, 0.29) is 12.6 Å². The first kappa shape index (κ1) is 13.8. The Balaban J connectivity index is 2.48. The first-order valence-corrected chi connectivity index (χ1v) is 6.21. The number of halogens is 2. The summed E-state index contributed by atoms with van der Waals surface area (Å²) in [6.45, 7) is 1.91. The fourth-order valence-corrected chi connectivity index (χ4v) is 2.71. The van der Waals surface area contributed by atoms with Crippen LogP contribution < -0.4 is 0 Å². The van der Waals surface area contributed by atoms with Gasteiger partial charge in [0.25, 0.3) is 6.43 Å².